The van der Waals surface area contributed by atoms with E-state index >= 15 is 0 Å². The number of hydrogen-bond donors (Lipinski definition) is 1. The molecule has 1 amide bonds. The lowest BCUT2D eigenvalue weighted by Gasteiger charge is -2.38. The van der Waals surface area contributed by atoms with Crippen molar-refractivity contribution in [1.82, 2.24) is 5.48 Å². The molecule has 3 rings (SSSR count). The number of non-ortho nitro benzene ring substituents is 1. The smallest absolute Gasteiger partial charge is 0.432 e. The molecule has 2 saturated carbocycles. The molecule has 9 nitrogen and oxygen atoms in total. The number of hydroxylamine groups is 1. The van der Waals surface area contributed by atoms with Crippen LogP contribution in [0.25, 0.3) is 0 Å². The Bertz CT molecular complexity index is 866. The van der Waals surface area contributed by atoms with Crippen LogP contribution in [-0.4, -0.2) is 25.5 Å². The molecule has 2 fully saturated rings. The Balaban J connectivity index is 1.60. The Labute approximate surface area is 157 Å². The zero-order valence-electron chi connectivity index (χ0n) is 15.3. The van der Waals surface area contributed by atoms with E-state index in [2.05, 4.69) is 25.1 Å². The maximum Gasteiger partial charge on any atom is 0.432 e. The molecule has 148 valence electrons. The van der Waals surface area contributed by atoms with Crippen LogP contribution < -0.4 is 5.48 Å². The van der Waals surface area contributed by atoms with Crippen LogP contribution in [0.2, 0.25) is 0 Å². The Morgan fingerprint density at radius 1 is 1.26 bits per heavy atom. The minimum atomic E-state index is -4.31. The molecule has 0 aliphatic heterocycles. The van der Waals surface area contributed by atoms with Crippen molar-refractivity contribution >= 4 is 21.9 Å². The van der Waals surface area contributed by atoms with Gasteiger partial charge in [-0.15, -0.1) is 4.28 Å². The monoisotopic (exact) mass is 398 g/mol. The number of carbonyl (C=O) groups excluding carboxylic acids is 1. The molecule has 0 aromatic heterocycles. The molecular formula is C17H22N2O7S. The number of ether oxygens (including phenoxy) is 1. The fourth-order valence-electron chi connectivity index (χ4n) is 4.33. The van der Waals surface area contributed by atoms with E-state index in [4.69, 9.17) is 4.74 Å². The summed E-state index contributed by atoms with van der Waals surface area (Å²) in [6.07, 6.45) is 1.50. The van der Waals surface area contributed by atoms with E-state index in [1.807, 2.05) is 0 Å². The second-order valence-corrected chi connectivity index (χ2v) is 9.44. The lowest BCUT2D eigenvalue weighted by Crippen LogP contribution is -2.40. The number of amides is 1. The van der Waals surface area contributed by atoms with Gasteiger partial charge < -0.3 is 4.74 Å². The number of fused-ring (bicyclic) bond motifs is 2. The topological polar surface area (TPSA) is 125 Å². The van der Waals surface area contributed by atoms with Gasteiger partial charge in [-0.25, -0.2) is 4.79 Å². The van der Waals surface area contributed by atoms with Crippen molar-refractivity contribution in [3.05, 3.63) is 34.4 Å². The van der Waals surface area contributed by atoms with Gasteiger partial charge in [-0.3, -0.25) is 10.1 Å². The van der Waals surface area contributed by atoms with E-state index in [1.54, 1.807) is 5.48 Å². The summed E-state index contributed by atoms with van der Waals surface area (Å²) in [6, 6.07) is 4.12. The number of nitro groups is 1. The lowest BCUT2D eigenvalue weighted by molar-refractivity contribution is -0.384. The predicted octanol–water partition coefficient (Wildman–Crippen LogP) is 3.16. The second kappa shape index (κ2) is 6.45. The van der Waals surface area contributed by atoms with Crippen LogP contribution in [0.5, 0.6) is 0 Å². The van der Waals surface area contributed by atoms with Crippen molar-refractivity contribution in [1.29, 1.82) is 0 Å². The Kier molecular flexibility index (Phi) is 4.67. The van der Waals surface area contributed by atoms with Gasteiger partial charge in [0, 0.05) is 17.5 Å². The molecule has 27 heavy (non-hydrogen) atoms. The minimum Gasteiger partial charge on any atom is -0.444 e. The first kappa shape index (κ1) is 19.6. The zero-order chi connectivity index (χ0) is 20.0. The van der Waals surface area contributed by atoms with Crippen LogP contribution in [0, 0.1) is 26.9 Å². The summed E-state index contributed by atoms with van der Waals surface area (Å²) in [7, 11) is -4.31. The number of nitro benzene ring substituents is 1. The van der Waals surface area contributed by atoms with E-state index in [1.165, 1.54) is 0 Å². The van der Waals surface area contributed by atoms with Gasteiger partial charge in [-0.1, -0.05) is 20.8 Å². The molecule has 3 atom stereocenters. The number of benzene rings is 1. The highest BCUT2D eigenvalue weighted by Crippen LogP contribution is 2.66. The number of nitrogens with one attached hydrogen (secondary N) is 1. The molecule has 1 aromatic rings. The molecule has 2 aliphatic rings. The van der Waals surface area contributed by atoms with Crippen molar-refractivity contribution in [2.45, 2.75) is 51.0 Å². The fraction of sp³-hybridized carbons (Fsp3) is 0.588. The number of rotatable bonds is 5. The summed E-state index contributed by atoms with van der Waals surface area (Å²) in [5.41, 5.74) is 1.44. The highest BCUT2D eigenvalue weighted by Gasteiger charge is 2.62. The fourth-order valence-corrected chi connectivity index (χ4v) is 5.08. The van der Waals surface area contributed by atoms with Crippen LogP contribution in [0.3, 0.4) is 0 Å². The van der Waals surface area contributed by atoms with Crippen molar-refractivity contribution in [3.63, 3.8) is 0 Å². The summed E-state index contributed by atoms with van der Waals surface area (Å²) in [6.45, 7) is 6.43. The average Bonchev–Trinajstić information content (AvgIpc) is 2.93. The molecule has 0 spiro atoms. The number of nitrogens with zero attached hydrogens (tertiary/aromatic N) is 1. The average molecular weight is 398 g/mol. The zero-order valence-corrected chi connectivity index (χ0v) is 16.1. The summed E-state index contributed by atoms with van der Waals surface area (Å²) in [4.78, 5) is 21.7. The van der Waals surface area contributed by atoms with Gasteiger partial charge in [0.05, 0.1) is 9.82 Å². The van der Waals surface area contributed by atoms with Crippen LogP contribution in [0.4, 0.5) is 10.5 Å². The molecule has 1 aromatic carbocycles. The highest BCUT2D eigenvalue weighted by molar-refractivity contribution is 7.86. The maximum absolute atomic E-state index is 12.1. The largest absolute Gasteiger partial charge is 0.444 e. The lowest BCUT2D eigenvalue weighted by atomic mass is 9.70. The normalized spacial score (nSPS) is 28.7. The van der Waals surface area contributed by atoms with E-state index in [9.17, 15) is 23.3 Å². The number of hydrogen-bond acceptors (Lipinski definition) is 7. The van der Waals surface area contributed by atoms with Gasteiger partial charge in [0.25, 0.3) is 5.69 Å². The van der Waals surface area contributed by atoms with Crippen LogP contribution in [0.15, 0.2) is 29.2 Å². The van der Waals surface area contributed by atoms with E-state index < -0.39 is 21.1 Å². The Morgan fingerprint density at radius 2 is 1.89 bits per heavy atom. The van der Waals surface area contributed by atoms with E-state index in [0.717, 1.165) is 43.5 Å². The molecule has 0 radical (unpaired) electrons. The molecule has 1 N–H and O–H groups in total. The third-order valence-corrected chi connectivity index (χ3v) is 7.69. The van der Waals surface area contributed by atoms with Gasteiger partial charge in [0.1, 0.15) is 6.10 Å². The summed E-state index contributed by atoms with van der Waals surface area (Å²) >= 11 is 0. The Hall–Kier alpha value is -2.20. The minimum absolute atomic E-state index is 0.0453. The van der Waals surface area contributed by atoms with Gasteiger partial charge >= 0.3 is 16.2 Å². The molecule has 0 heterocycles. The highest BCUT2D eigenvalue weighted by atomic mass is 32.2. The van der Waals surface area contributed by atoms with Crippen molar-refractivity contribution < 1.29 is 27.2 Å². The third-order valence-electron chi connectivity index (χ3n) is 6.53. The first-order valence-electron chi connectivity index (χ1n) is 8.62. The van der Waals surface area contributed by atoms with Crippen LogP contribution >= 0.6 is 0 Å². The maximum atomic E-state index is 12.1. The van der Waals surface area contributed by atoms with Crippen molar-refractivity contribution in [2.24, 2.45) is 16.7 Å². The van der Waals surface area contributed by atoms with Crippen molar-refractivity contribution in [2.75, 3.05) is 0 Å². The SMILES string of the molecule is CC1(C)[C@H]2CC[C@]1(C)[C@H](OC(=O)NOS(=O)(=O)c1ccc([N+](=O)[O-])cc1)C2. The third kappa shape index (κ3) is 3.27. The quantitative estimate of drug-likeness (QED) is 0.596. The Morgan fingerprint density at radius 3 is 2.37 bits per heavy atom. The van der Waals surface area contributed by atoms with Crippen LogP contribution in [-0.2, 0) is 19.1 Å². The van der Waals surface area contributed by atoms with Gasteiger partial charge in [0.2, 0.25) is 0 Å². The summed E-state index contributed by atoms with van der Waals surface area (Å²) < 4.78 is 34.1. The molecule has 10 heteroatoms. The summed E-state index contributed by atoms with van der Waals surface area (Å²) in [5, 5.41) is 10.6. The second-order valence-electron chi connectivity index (χ2n) is 7.89. The van der Waals surface area contributed by atoms with Crippen LogP contribution in [0.1, 0.15) is 40.0 Å². The standard InChI is InChI=1S/C17H22N2O7S/c1-16(2)11-8-9-17(16,3)14(10-11)25-15(20)18-26-27(23,24)13-6-4-12(5-7-13)19(21)22/h4-7,11,14H,8-10H2,1-3H3,(H,18,20)/t11-,14+,17+/m0/s1. The predicted molar refractivity (Wildman–Crippen MR) is 94.0 cm³/mol. The molecule has 0 saturated heterocycles. The molecule has 2 aliphatic carbocycles. The van der Waals surface area contributed by atoms with Gasteiger partial charge in [0.15, 0.2) is 0 Å². The van der Waals surface area contributed by atoms with Gasteiger partial charge in [-0.2, -0.15) is 13.9 Å². The molecule has 0 unspecified atom stereocenters. The van der Waals surface area contributed by atoms with Crippen molar-refractivity contribution in [3.8, 4) is 0 Å². The number of carbonyl (C=O) groups is 1. The van der Waals surface area contributed by atoms with E-state index in [-0.39, 0.29) is 27.5 Å². The summed E-state index contributed by atoms with van der Waals surface area (Å²) in [5.74, 6) is 0.463. The first-order chi connectivity index (χ1) is 12.5. The molecular weight excluding hydrogens is 376 g/mol. The molecule has 2 bridgehead atoms. The van der Waals surface area contributed by atoms with E-state index in [0.29, 0.717) is 5.92 Å². The van der Waals surface area contributed by atoms with Gasteiger partial charge in [-0.05, 0) is 42.7 Å². The first-order valence-corrected chi connectivity index (χ1v) is 10.0.